The van der Waals surface area contributed by atoms with Crippen molar-refractivity contribution in [2.75, 3.05) is 6.66 Å². The molecule has 1 heterocycles. The third-order valence-electron chi connectivity index (χ3n) is 1.88. The van der Waals surface area contributed by atoms with Crippen molar-refractivity contribution in [3.05, 3.63) is 33.9 Å². The van der Waals surface area contributed by atoms with Crippen LogP contribution in [0.4, 0.5) is 5.69 Å². The lowest BCUT2D eigenvalue weighted by Gasteiger charge is -2.21. The van der Waals surface area contributed by atoms with Gasteiger partial charge in [0.2, 0.25) is 8.38 Å². The van der Waals surface area contributed by atoms with Crippen molar-refractivity contribution in [3.8, 4) is 5.75 Å². The third kappa shape index (κ3) is 1.69. The second-order valence-corrected chi connectivity index (χ2v) is 4.17. The maximum Gasteiger partial charge on any atom is 0.270 e. The first-order chi connectivity index (χ1) is 6.66. The molecule has 0 aliphatic carbocycles. The highest BCUT2D eigenvalue weighted by atomic mass is 31.2. The molecule has 1 aromatic rings. The molecule has 0 amide bonds. The van der Waals surface area contributed by atoms with Gasteiger partial charge in [-0.05, 0) is 6.07 Å². The van der Waals surface area contributed by atoms with Crippen LogP contribution < -0.4 is 4.52 Å². The summed E-state index contributed by atoms with van der Waals surface area (Å²) in [5.41, 5.74) is 0.804. The van der Waals surface area contributed by atoms with Gasteiger partial charge < -0.3 is 9.05 Å². The molecule has 0 N–H and O–H groups in total. The average molecular weight is 213 g/mol. The number of nitro groups is 1. The monoisotopic (exact) mass is 213 g/mol. The first kappa shape index (κ1) is 9.37. The van der Waals surface area contributed by atoms with Crippen molar-refractivity contribution < 1.29 is 14.0 Å². The number of hydrogen-bond acceptors (Lipinski definition) is 4. The lowest BCUT2D eigenvalue weighted by Crippen LogP contribution is -2.03. The van der Waals surface area contributed by atoms with Crippen molar-refractivity contribution in [1.29, 1.82) is 0 Å². The number of nitrogens with zero attached hydrogens (tertiary/aromatic N) is 1. The summed E-state index contributed by atoms with van der Waals surface area (Å²) in [7, 11) is -0.873. The molecule has 1 atom stereocenters. The number of nitro benzene ring substituents is 1. The molecule has 0 saturated carbocycles. The van der Waals surface area contributed by atoms with Gasteiger partial charge in [-0.25, -0.2) is 0 Å². The zero-order valence-electron chi connectivity index (χ0n) is 7.47. The standard InChI is InChI=1S/C8H8NO4P/c1-14-12-5-6-4-7(9(10)11)2-3-8(6)13-14/h2-4H,5H2,1H3. The number of benzene rings is 1. The zero-order valence-corrected chi connectivity index (χ0v) is 8.36. The second kappa shape index (κ2) is 3.52. The number of rotatable bonds is 1. The van der Waals surface area contributed by atoms with Crippen LogP contribution >= 0.6 is 8.38 Å². The zero-order chi connectivity index (χ0) is 10.1. The summed E-state index contributed by atoms with van der Waals surface area (Å²) >= 11 is 0. The lowest BCUT2D eigenvalue weighted by molar-refractivity contribution is -0.385. The molecule has 2 rings (SSSR count). The molecule has 5 nitrogen and oxygen atoms in total. The topological polar surface area (TPSA) is 61.6 Å². The number of non-ortho nitro benzene ring substituents is 1. The van der Waals surface area contributed by atoms with Gasteiger partial charge >= 0.3 is 0 Å². The molecule has 0 bridgehead atoms. The predicted molar refractivity (Wildman–Crippen MR) is 51.4 cm³/mol. The van der Waals surface area contributed by atoms with Gasteiger partial charge in [0.1, 0.15) is 5.75 Å². The van der Waals surface area contributed by atoms with Gasteiger partial charge in [0.05, 0.1) is 11.5 Å². The van der Waals surface area contributed by atoms with Crippen LogP contribution in [0.3, 0.4) is 0 Å². The van der Waals surface area contributed by atoms with E-state index in [4.69, 9.17) is 9.05 Å². The molecule has 74 valence electrons. The third-order valence-corrected chi connectivity index (χ3v) is 2.83. The van der Waals surface area contributed by atoms with Crippen LogP contribution in [0.2, 0.25) is 0 Å². The summed E-state index contributed by atoms with van der Waals surface area (Å²) in [6, 6.07) is 4.54. The van der Waals surface area contributed by atoms with Crippen LogP contribution in [0.5, 0.6) is 5.75 Å². The normalized spacial score (nSPS) is 19.6. The van der Waals surface area contributed by atoms with E-state index in [1.54, 1.807) is 6.07 Å². The quantitative estimate of drug-likeness (QED) is 0.408. The number of fused-ring (bicyclic) bond motifs is 1. The first-order valence-corrected chi connectivity index (χ1v) is 5.61. The minimum atomic E-state index is -0.873. The molecule has 0 saturated heterocycles. The minimum absolute atomic E-state index is 0.0679. The molecule has 1 aliphatic heterocycles. The van der Waals surface area contributed by atoms with E-state index in [2.05, 4.69) is 0 Å². The Morgan fingerprint density at radius 2 is 2.36 bits per heavy atom. The second-order valence-electron chi connectivity index (χ2n) is 2.85. The van der Waals surface area contributed by atoms with E-state index in [0.29, 0.717) is 12.4 Å². The Morgan fingerprint density at radius 1 is 1.57 bits per heavy atom. The fraction of sp³-hybridized carbons (Fsp3) is 0.250. The Morgan fingerprint density at radius 3 is 3.07 bits per heavy atom. The van der Waals surface area contributed by atoms with Crippen LogP contribution in [0.25, 0.3) is 0 Å². The lowest BCUT2D eigenvalue weighted by atomic mass is 10.2. The highest BCUT2D eigenvalue weighted by Crippen LogP contribution is 2.43. The van der Waals surface area contributed by atoms with Crippen molar-refractivity contribution in [3.63, 3.8) is 0 Å². The Hall–Kier alpha value is -1.19. The maximum atomic E-state index is 10.5. The van der Waals surface area contributed by atoms with Gasteiger partial charge in [0, 0.05) is 24.4 Å². The van der Waals surface area contributed by atoms with Crippen molar-refractivity contribution in [2.45, 2.75) is 6.61 Å². The molecular formula is C8H8NO4P. The van der Waals surface area contributed by atoms with E-state index in [1.165, 1.54) is 12.1 Å². The summed E-state index contributed by atoms with van der Waals surface area (Å²) in [6.07, 6.45) is 0. The maximum absolute atomic E-state index is 10.5. The molecule has 6 heteroatoms. The van der Waals surface area contributed by atoms with Crippen LogP contribution in [-0.2, 0) is 11.1 Å². The molecule has 0 radical (unpaired) electrons. The summed E-state index contributed by atoms with van der Waals surface area (Å²) in [5, 5.41) is 10.5. The Bertz CT molecular complexity index is 382. The molecule has 14 heavy (non-hydrogen) atoms. The SMILES string of the molecule is CP1OCc2cc([N+](=O)[O-])ccc2O1. The highest BCUT2D eigenvalue weighted by Gasteiger charge is 2.19. The largest absolute Gasteiger partial charge is 0.447 e. The van der Waals surface area contributed by atoms with Crippen LogP contribution in [-0.4, -0.2) is 11.6 Å². The van der Waals surface area contributed by atoms with Gasteiger partial charge in [0.25, 0.3) is 5.69 Å². The van der Waals surface area contributed by atoms with Gasteiger partial charge in [-0.3, -0.25) is 10.1 Å². The Balaban J connectivity index is 2.36. The molecule has 1 aromatic carbocycles. The van der Waals surface area contributed by atoms with E-state index in [9.17, 15) is 10.1 Å². The van der Waals surface area contributed by atoms with E-state index in [1.807, 2.05) is 6.66 Å². The van der Waals surface area contributed by atoms with Crippen LogP contribution in [0, 0.1) is 10.1 Å². The summed E-state index contributed by atoms with van der Waals surface area (Å²) in [6.45, 7) is 2.24. The van der Waals surface area contributed by atoms with Crippen molar-refractivity contribution in [2.24, 2.45) is 0 Å². The molecule has 1 aliphatic rings. The van der Waals surface area contributed by atoms with Crippen molar-refractivity contribution in [1.82, 2.24) is 0 Å². The van der Waals surface area contributed by atoms with Gasteiger partial charge in [0.15, 0.2) is 0 Å². The average Bonchev–Trinajstić information content (AvgIpc) is 2.16. The molecule has 0 aromatic heterocycles. The van der Waals surface area contributed by atoms with Gasteiger partial charge in [-0.1, -0.05) is 0 Å². The Labute approximate surface area is 81.7 Å². The van der Waals surface area contributed by atoms with Crippen LogP contribution in [0.1, 0.15) is 5.56 Å². The van der Waals surface area contributed by atoms with Crippen molar-refractivity contribution >= 4 is 14.1 Å². The summed E-state index contributed by atoms with van der Waals surface area (Å²) < 4.78 is 10.6. The smallest absolute Gasteiger partial charge is 0.270 e. The van der Waals surface area contributed by atoms with Crippen LogP contribution in [0.15, 0.2) is 18.2 Å². The predicted octanol–water partition coefficient (Wildman–Crippen LogP) is 2.45. The highest BCUT2D eigenvalue weighted by molar-refractivity contribution is 7.46. The molecular weight excluding hydrogens is 205 g/mol. The van der Waals surface area contributed by atoms with E-state index in [0.717, 1.165) is 5.56 Å². The fourth-order valence-corrected chi connectivity index (χ4v) is 2.04. The number of hydrogen-bond donors (Lipinski definition) is 0. The molecule has 1 unspecified atom stereocenters. The minimum Gasteiger partial charge on any atom is -0.447 e. The summed E-state index contributed by atoms with van der Waals surface area (Å²) in [5.74, 6) is 0.690. The van der Waals surface area contributed by atoms with Gasteiger partial charge in [-0.15, -0.1) is 0 Å². The molecule has 0 spiro atoms. The van der Waals surface area contributed by atoms with E-state index in [-0.39, 0.29) is 5.69 Å². The fourth-order valence-electron chi connectivity index (χ4n) is 1.21. The first-order valence-electron chi connectivity index (χ1n) is 3.99. The van der Waals surface area contributed by atoms with Gasteiger partial charge in [-0.2, -0.15) is 0 Å². The Kier molecular flexibility index (Phi) is 2.35. The molecule has 0 fully saturated rings. The van der Waals surface area contributed by atoms with E-state index >= 15 is 0 Å². The summed E-state index contributed by atoms with van der Waals surface area (Å²) in [4.78, 5) is 10.1. The van der Waals surface area contributed by atoms with E-state index < -0.39 is 13.3 Å².